The van der Waals surface area contributed by atoms with Gasteiger partial charge in [-0.1, -0.05) is 12.1 Å². The Kier molecular flexibility index (Phi) is 19.5. The predicted molar refractivity (Wildman–Crippen MR) is 116 cm³/mol. The molecule has 0 amide bonds. The average molecular weight is 606 g/mol. The predicted octanol–water partition coefficient (Wildman–Crippen LogP) is 3.47. The number of aromatic nitrogens is 2. The monoisotopic (exact) mass is 606 g/mol. The van der Waals surface area contributed by atoms with E-state index in [0.29, 0.717) is 13.2 Å². The van der Waals surface area contributed by atoms with E-state index in [0.717, 1.165) is 11.4 Å². The van der Waals surface area contributed by atoms with Gasteiger partial charge >= 0.3 is 27.3 Å². The maximum atomic E-state index is 4.59. The van der Waals surface area contributed by atoms with Crippen LogP contribution in [0.1, 0.15) is 13.8 Å². The molecule has 9 heteroatoms. The Balaban J connectivity index is 0. The fraction of sp³-hybridized carbons (Fsp3) is 0.250. The molecule has 132 valence electrons. The summed E-state index contributed by atoms with van der Waals surface area (Å²) in [5.41, 5.74) is 1.83. The molecule has 4 nitrogen and oxygen atoms in total. The molecule has 0 unspecified atom stereocenters. The van der Waals surface area contributed by atoms with Gasteiger partial charge in [-0.2, -0.15) is 0 Å². The molecule has 0 aromatic carbocycles. The molecular weight excluding hydrogens is 588 g/mol. The van der Waals surface area contributed by atoms with Crippen molar-refractivity contribution in [1.82, 2.24) is 9.97 Å². The Morgan fingerprint density at radius 3 is 1.36 bits per heavy atom. The standard InChI is InChI=1S/C10H8N2.2C3H6OS2.Pb/c1-3-7-11-9(5-1)10-6-2-4-8-12-10;2*1-2-4-3(5)6;/h1-8H;2*2H2,1H3,(H,5,6);/q;;;+2/p-2. The Morgan fingerprint density at radius 2 is 1.20 bits per heavy atom. The molecule has 25 heavy (non-hydrogen) atoms. The molecule has 2 heterocycles. The topological polar surface area (TPSA) is 44.2 Å². The SMILES string of the molecule is CCOC(=S)[S-].CCOC(=S)[S-].[Pb+2].c1ccc(-c2ccccn2)nc1. The maximum Gasteiger partial charge on any atom is 2.00 e. The second kappa shape index (κ2) is 18.2. The summed E-state index contributed by atoms with van der Waals surface area (Å²) in [6.45, 7) is 4.86. The van der Waals surface area contributed by atoms with Crippen LogP contribution < -0.4 is 0 Å². The third-order valence-electron chi connectivity index (χ3n) is 2.12. The molecule has 0 bridgehead atoms. The van der Waals surface area contributed by atoms with Gasteiger partial charge in [0.05, 0.1) is 24.6 Å². The molecule has 0 aliphatic carbocycles. The molecule has 0 aliphatic rings. The molecule has 2 radical (unpaired) electrons. The Bertz CT molecular complexity index is 536. The minimum atomic E-state index is 0. The van der Waals surface area contributed by atoms with Gasteiger partial charge in [0, 0.05) is 21.2 Å². The van der Waals surface area contributed by atoms with E-state index in [1.54, 1.807) is 12.4 Å². The zero-order chi connectivity index (χ0) is 18.2. The molecule has 0 atom stereocenters. The first-order chi connectivity index (χ1) is 11.5. The van der Waals surface area contributed by atoms with Crippen molar-refractivity contribution in [1.29, 1.82) is 0 Å². The van der Waals surface area contributed by atoms with Crippen molar-refractivity contribution in [2.75, 3.05) is 13.2 Å². The summed E-state index contributed by atoms with van der Waals surface area (Å²) in [6, 6.07) is 11.6. The Morgan fingerprint density at radius 1 is 0.840 bits per heavy atom. The summed E-state index contributed by atoms with van der Waals surface area (Å²) in [4.78, 5) is 8.37. The van der Waals surface area contributed by atoms with Crippen LogP contribution in [-0.4, -0.2) is 59.2 Å². The van der Waals surface area contributed by atoms with Crippen LogP contribution >= 0.6 is 24.4 Å². The number of hydrogen-bond acceptors (Lipinski definition) is 8. The summed E-state index contributed by atoms with van der Waals surface area (Å²) < 4.78 is 9.59. The van der Waals surface area contributed by atoms with Crippen LogP contribution in [0.4, 0.5) is 0 Å². The van der Waals surface area contributed by atoms with Gasteiger partial charge in [0.15, 0.2) is 0 Å². The van der Waals surface area contributed by atoms with Crippen LogP contribution in [0.25, 0.3) is 11.4 Å². The van der Waals surface area contributed by atoms with Crippen molar-refractivity contribution in [3.05, 3.63) is 48.8 Å². The minimum absolute atomic E-state index is 0. The van der Waals surface area contributed by atoms with Gasteiger partial charge in [0.1, 0.15) is 0 Å². The fourth-order valence-corrected chi connectivity index (χ4v) is 1.74. The van der Waals surface area contributed by atoms with E-state index in [9.17, 15) is 0 Å². The molecule has 0 fully saturated rings. The van der Waals surface area contributed by atoms with E-state index >= 15 is 0 Å². The first-order valence-corrected chi connectivity index (χ1v) is 8.64. The third-order valence-corrected chi connectivity index (χ3v) is 2.59. The number of nitrogens with zero attached hydrogens (tertiary/aromatic N) is 2. The van der Waals surface area contributed by atoms with Gasteiger partial charge in [-0.15, -0.1) is 0 Å². The summed E-state index contributed by atoms with van der Waals surface area (Å²) in [5, 5.41) is 0. The number of rotatable bonds is 3. The summed E-state index contributed by atoms with van der Waals surface area (Å²) in [5.74, 6) is 0. The number of thiocarbonyl (C=S) groups is 2. The van der Waals surface area contributed by atoms with Gasteiger partial charge in [0.25, 0.3) is 0 Å². The van der Waals surface area contributed by atoms with E-state index in [1.807, 2.05) is 50.2 Å². The van der Waals surface area contributed by atoms with E-state index < -0.39 is 0 Å². The third kappa shape index (κ3) is 16.7. The first kappa shape index (κ1) is 26.7. The quantitative estimate of drug-likeness (QED) is 0.300. The van der Waals surface area contributed by atoms with Crippen molar-refractivity contribution in [3.8, 4) is 11.4 Å². The molecule has 0 aliphatic heterocycles. The van der Waals surface area contributed by atoms with Crippen LogP contribution in [0.5, 0.6) is 0 Å². The van der Waals surface area contributed by atoms with E-state index in [4.69, 9.17) is 0 Å². The molecule has 2 aromatic rings. The maximum absolute atomic E-state index is 4.59. The van der Waals surface area contributed by atoms with E-state index in [-0.39, 0.29) is 36.1 Å². The van der Waals surface area contributed by atoms with Crippen LogP contribution in [-0.2, 0) is 34.7 Å². The first-order valence-electron chi connectivity index (χ1n) is 7.01. The normalized spacial score (nSPS) is 8.24. The van der Waals surface area contributed by atoms with Gasteiger partial charge in [-0.3, -0.25) is 9.97 Å². The van der Waals surface area contributed by atoms with E-state index in [1.165, 1.54) is 0 Å². The summed E-state index contributed by atoms with van der Waals surface area (Å²) >= 11 is 17.5. The van der Waals surface area contributed by atoms with Crippen molar-refractivity contribution in [2.45, 2.75) is 13.8 Å². The molecule has 0 spiro atoms. The van der Waals surface area contributed by atoms with Crippen molar-refractivity contribution >= 4 is 85.8 Å². The zero-order valence-electron chi connectivity index (χ0n) is 13.9. The zero-order valence-corrected chi connectivity index (χ0v) is 21.0. The second-order valence-electron chi connectivity index (χ2n) is 3.80. The minimum Gasteiger partial charge on any atom is -0.514 e. The fourth-order valence-electron chi connectivity index (χ4n) is 1.26. The van der Waals surface area contributed by atoms with E-state index in [2.05, 4.69) is 69.1 Å². The van der Waals surface area contributed by atoms with Gasteiger partial charge in [-0.25, -0.2) is 0 Å². The van der Waals surface area contributed by atoms with Crippen molar-refractivity contribution in [3.63, 3.8) is 0 Å². The number of hydrogen-bond donors (Lipinski definition) is 0. The molecule has 0 saturated heterocycles. The van der Waals surface area contributed by atoms with Crippen molar-refractivity contribution in [2.24, 2.45) is 0 Å². The molecular formula is C16H18N2O2PbS4. The van der Waals surface area contributed by atoms with Gasteiger partial charge < -0.3 is 59.2 Å². The van der Waals surface area contributed by atoms with Crippen LogP contribution in [0.3, 0.4) is 0 Å². The Labute approximate surface area is 191 Å². The average Bonchev–Trinajstić information content (AvgIpc) is 2.57. The summed E-state index contributed by atoms with van der Waals surface area (Å²) in [7, 11) is 0. The van der Waals surface area contributed by atoms with Gasteiger partial charge in [-0.05, 0) is 38.1 Å². The Hall–Kier alpha value is -0.558. The molecule has 0 saturated carbocycles. The number of pyridine rings is 2. The van der Waals surface area contributed by atoms with Crippen LogP contribution in [0.15, 0.2) is 48.8 Å². The number of ether oxygens (including phenoxy) is 2. The molecule has 2 rings (SSSR count). The largest absolute Gasteiger partial charge is 2.00 e. The van der Waals surface area contributed by atoms with Crippen LogP contribution in [0, 0.1) is 0 Å². The van der Waals surface area contributed by atoms with Crippen LogP contribution in [0.2, 0.25) is 0 Å². The second-order valence-corrected chi connectivity index (χ2v) is 5.80. The van der Waals surface area contributed by atoms with Crippen molar-refractivity contribution < 1.29 is 9.47 Å². The molecule has 0 N–H and O–H groups in total. The smallest absolute Gasteiger partial charge is 0.514 e. The molecule has 2 aromatic heterocycles. The summed E-state index contributed by atoms with van der Waals surface area (Å²) in [6.07, 6.45) is 3.54. The van der Waals surface area contributed by atoms with Gasteiger partial charge in [0.2, 0.25) is 0 Å².